The number of nitro benzene ring substituents is 1. The number of nitrogen functional groups attached to an aromatic ring is 1. The third kappa shape index (κ3) is 3.67. The van der Waals surface area contributed by atoms with Gasteiger partial charge in [-0.1, -0.05) is 20.8 Å². The maximum Gasteiger partial charge on any atom is 0.293 e. The Balaban J connectivity index is 3.17. The summed E-state index contributed by atoms with van der Waals surface area (Å²) in [5.74, 6) is 0. The predicted molar refractivity (Wildman–Crippen MR) is 76.7 cm³/mol. The zero-order valence-corrected chi connectivity index (χ0v) is 12.7. The smallest absolute Gasteiger partial charge is 0.293 e. The Kier molecular flexibility index (Phi) is 4.40. The van der Waals surface area contributed by atoms with E-state index < -0.39 is 20.6 Å². The van der Waals surface area contributed by atoms with Crippen LogP contribution in [-0.4, -0.2) is 19.4 Å². The van der Waals surface area contributed by atoms with Crippen LogP contribution in [0.3, 0.4) is 0 Å². The summed E-state index contributed by atoms with van der Waals surface area (Å²) in [5.41, 5.74) is 4.68. The van der Waals surface area contributed by atoms with Crippen molar-refractivity contribution < 1.29 is 13.3 Å². The minimum absolute atomic E-state index is 0.0715. The van der Waals surface area contributed by atoms with Crippen LogP contribution < -0.4 is 10.5 Å². The van der Waals surface area contributed by atoms with Gasteiger partial charge in [-0.2, -0.15) is 0 Å². The third-order valence-electron chi connectivity index (χ3n) is 3.14. The number of anilines is 1. The van der Waals surface area contributed by atoms with Crippen molar-refractivity contribution in [1.82, 2.24) is 4.72 Å². The van der Waals surface area contributed by atoms with Gasteiger partial charge in [-0.05, 0) is 24.5 Å². The Bertz CT molecular complexity index is 620. The number of nitro groups is 1. The predicted octanol–water partition coefficient (Wildman–Crippen LogP) is 1.89. The van der Waals surface area contributed by atoms with E-state index in [0.29, 0.717) is 0 Å². The minimum Gasteiger partial charge on any atom is -0.393 e. The van der Waals surface area contributed by atoms with E-state index in [9.17, 15) is 18.5 Å². The fourth-order valence-electron chi connectivity index (χ4n) is 1.33. The van der Waals surface area contributed by atoms with E-state index in [-0.39, 0.29) is 22.0 Å². The van der Waals surface area contributed by atoms with Crippen LogP contribution >= 0.6 is 0 Å². The molecule has 0 radical (unpaired) electrons. The van der Waals surface area contributed by atoms with Crippen LogP contribution in [-0.2, 0) is 10.0 Å². The molecule has 0 heterocycles. The highest BCUT2D eigenvalue weighted by molar-refractivity contribution is 7.89. The van der Waals surface area contributed by atoms with E-state index in [1.54, 1.807) is 6.92 Å². The van der Waals surface area contributed by atoms with Crippen LogP contribution in [0.25, 0.3) is 0 Å². The van der Waals surface area contributed by atoms with Gasteiger partial charge in [-0.25, -0.2) is 13.1 Å². The molecule has 1 unspecified atom stereocenters. The summed E-state index contributed by atoms with van der Waals surface area (Å²) >= 11 is 0. The fraction of sp³-hybridized carbons (Fsp3) is 0.500. The van der Waals surface area contributed by atoms with E-state index in [1.165, 1.54) is 12.1 Å². The molecule has 1 aromatic carbocycles. The summed E-state index contributed by atoms with van der Waals surface area (Å²) in [6.07, 6.45) is 0. The molecule has 20 heavy (non-hydrogen) atoms. The zero-order valence-electron chi connectivity index (χ0n) is 11.9. The molecule has 7 nitrogen and oxygen atoms in total. The zero-order chi connectivity index (χ0) is 15.7. The lowest BCUT2D eigenvalue weighted by Crippen LogP contribution is -2.41. The first-order chi connectivity index (χ1) is 8.95. The number of nitrogens with two attached hydrogens (primary N) is 1. The Labute approximate surface area is 118 Å². The van der Waals surface area contributed by atoms with Crippen molar-refractivity contribution in [2.45, 2.75) is 38.6 Å². The molecule has 112 valence electrons. The van der Waals surface area contributed by atoms with Crippen molar-refractivity contribution in [2.75, 3.05) is 5.73 Å². The first kappa shape index (κ1) is 16.4. The number of rotatable bonds is 4. The summed E-state index contributed by atoms with van der Waals surface area (Å²) in [7, 11) is -3.83. The normalized spacial score (nSPS) is 14.0. The highest BCUT2D eigenvalue weighted by Gasteiger charge is 2.27. The summed E-state index contributed by atoms with van der Waals surface area (Å²) in [4.78, 5) is 9.91. The van der Waals surface area contributed by atoms with Gasteiger partial charge in [0.2, 0.25) is 10.0 Å². The molecule has 0 saturated heterocycles. The van der Waals surface area contributed by atoms with Crippen molar-refractivity contribution in [3.63, 3.8) is 0 Å². The highest BCUT2D eigenvalue weighted by Crippen LogP contribution is 2.26. The van der Waals surface area contributed by atoms with Gasteiger partial charge in [0.25, 0.3) is 5.69 Å². The maximum atomic E-state index is 12.2. The average Bonchev–Trinajstić information content (AvgIpc) is 2.26. The number of hydrogen-bond donors (Lipinski definition) is 2. The van der Waals surface area contributed by atoms with Gasteiger partial charge < -0.3 is 5.73 Å². The van der Waals surface area contributed by atoms with E-state index in [1.807, 2.05) is 20.8 Å². The van der Waals surface area contributed by atoms with Crippen molar-refractivity contribution in [1.29, 1.82) is 0 Å². The minimum atomic E-state index is -3.83. The van der Waals surface area contributed by atoms with Crippen LogP contribution in [0.5, 0.6) is 0 Å². The van der Waals surface area contributed by atoms with Crippen molar-refractivity contribution >= 4 is 21.4 Å². The lowest BCUT2D eigenvalue weighted by atomic mass is 9.89. The molecule has 0 aromatic heterocycles. The van der Waals surface area contributed by atoms with Gasteiger partial charge >= 0.3 is 0 Å². The summed E-state index contributed by atoms with van der Waals surface area (Å²) in [6, 6.07) is 3.10. The quantitative estimate of drug-likeness (QED) is 0.500. The molecule has 0 aliphatic rings. The SMILES string of the molecule is CC(NS(=O)(=O)c1ccc(N)c([N+](=O)[O-])c1)C(C)(C)C. The maximum absolute atomic E-state index is 12.2. The Morgan fingerprint density at radius 3 is 2.35 bits per heavy atom. The molecule has 1 atom stereocenters. The van der Waals surface area contributed by atoms with Crippen LogP contribution in [0.4, 0.5) is 11.4 Å². The fourth-order valence-corrected chi connectivity index (χ4v) is 2.80. The number of nitrogens with zero attached hydrogens (tertiary/aromatic N) is 1. The van der Waals surface area contributed by atoms with Gasteiger partial charge in [0.15, 0.2) is 0 Å². The molecule has 0 aliphatic heterocycles. The summed E-state index contributed by atoms with van der Waals surface area (Å²) in [5, 5.41) is 10.8. The molecular formula is C12H19N3O4S. The molecule has 0 spiro atoms. The Morgan fingerprint density at radius 2 is 1.90 bits per heavy atom. The van der Waals surface area contributed by atoms with Gasteiger partial charge in [-0.15, -0.1) is 0 Å². The average molecular weight is 301 g/mol. The van der Waals surface area contributed by atoms with Crippen LogP contribution in [0.2, 0.25) is 0 Å². The molecule has 0 saturated carbocycles. The molecule has 1 rings (SSSR count). The molecule has 8 heteroatoms. The molecular weight excluding hydrogens is 282 g/mol. The van der Waals surface area contributed by atoms with Crippen molar-refractivity contribution in [2.24, 2.45) is 5.41 Å². The van der Waals surface area contributed by atoms with Gasteiger partial charge in [0, 0.05) is 12.1 Å². The van der Waals surface area contributed by atoms with Crippen LogP contribution in [0, 0.1) is 15.5 Å². The van der Waals surface area contributed by atoms with Gasteiger partial charge in [-0.3, -0.25) is 10.1 Å². The second-order valence-electron chi connectivity index (χ2n) is 5.69. The molecule has 0 aliphatic carbocycles. The van der Waals surface area contributed by atoms with E-state index >= 15 is 0 Å². The monoisotopic (exact) mass is 301 g/mol. The second-order valence-corrected chi connectivity index (χ2v) is 7.40. The lowest BCUT2D eigenvalue weighted by Gasteiger charge is -2.27. The van der Waals surface area contributed by atoms with Gasteiger partial charge in [0.05, 0.1) is 9.82 Å². The molecule has 0 bridgehead atoms. The highest BCUT2D eigenvalue weighted by atomic mass is 32.2. The molecule has 0 fully saturated rings. The first-order valence-corrected chi connectivity index (χ1v) is 7.49. The second kappa shape index (κ2) is 5.37. The summed E-state index contributed by atoms with van der Waals surface area (Å²) in [6.45, 7) is 7.42. The van der Waals surface area contributed by atoms with E-state index in [4.69, 9.17) is 5.73 Å². The number of hydrogen-bond acceptors (Lipinski definition) is 5. The Hall–Kier alpha value is -1.67. The molecule has 3 N–H and O–H groups in total. The topological polar surface area (TPSA) is 115 Å². The van der Waals surface area contributed by atoms with Crippen LogP contribution in [0.1, 0.15) is 27.7 Å². The third-order valence-corrected chi connectivity index (χ3v) is 4.68. The molecule has 1 aromatic rings. The summed E-state index contributed by atoms with van der Waals surface area (Å²) < 4.78 is 26.9. The van der Waals surface area contributed by atoms with E-state index in [0.717, 1.165) is 6.07 Å². The first-order valence-electron chi connectivity index (χ1n) is 6.01. The van der Waals surface area contributed by atoms with Crippen molar-refractivity contribution in [3.05, 3.63) is 28.3 Å². The van der Waals surface area contributed by atoms with Crippen LogP contribution in [0.15, 0.2) is 23.1 Å². The number of benzene rings is 1. The van der Waals surface area contributed by atoms with E-state index in [2.05, 4.69) is 4.72 Å². The lowest BCUT2D eigenvalue weighted by molar-refractivity contribution is -0.384. The Morgan fingerprint density at radius 1 is 1.35 bits per heavy atom. The van der Waals surface area contributed by atoms with Crippen molar-refractivity contribution in [3.8, 4) is 0 Å². The standard InChI is InChI=1S/C12H19N3O4S/c1-8(12(2,3)4)14-20(18,19)9-5-6-10(13)11(7-9)15(16)17/h5-8,14H,13H2,1-4H3. The largest absolute Gasteiger partial charge is 0.393 e. The van der Waals surface area contributed by atoms with Gasteiger partial charge in [0.1, 0.15) is 5.69 Å². The number of nitrogens with one attached hydrogen (secondary N) is 1. The molecule has 0 amide bonds. The number of sulfonamides is 1.